The van der Waals surface area contributed by atoms with Gasteiger partial charge in [0.05, 0.1) is 0 Å². The summed E-state index contributed by atoms with van der Waals surface area (Å²) < 4.78 is 0. The lowest BCUT2D eigenvalue weighted by atomic mass is 9.87. The van der Waals surface area contributed by atoms with E-state index in [1.807, 2.05) is 24.3 Å². The predicted octanol–water partition coefficient (Wildman–Crippen LogP) is 2.55. The van der Waals surface area contributed by atoms with Crippen molar-refractivity contribution in [3.63, 3.8) is 0 Å². The second kappa shape index (κ2) is 8.43. The second-order valence-electron chi connectivity index (χ2n) is 8.14. The molecule has 0 radical (unpaired) electrons. The van der Waals surface area contributed by atoms with E-state index in [-0.39, 0.29) is 22.9 Å². The third kappa shape index (κ3) is 4.99. The summed E-state index contributed by atoms with van der Waals surface area (Å²) in [6.07, 6.45) is 2.26. The number of carbonyl (C=O) groups is 3. The van der Waals surface area contributed by atoms with Crippen molar-refractivity contribution >= 4 is 23.9 Å². The maximum Gasteiger partial charge on any atom is 0.272 e. The molecule has 1 aliphatic heterocycles. The van der Waals surface area contributed by atoms with Crippen molar-refractivity contribution in [3.05, 3.63) is 59.4 Å². The first-order chi connectivity index (χ1) is 13.8. The van der Waals surface area contributed by atoms with Crippen molar-refractivity contribution in [2.45, 2.75) is 26.2 Å². The van der Waals surface area contributed by atoms with E-state index < -0.39 is 0 Å². The number of hydrogen-bond donors (Lipinski definition) is 1. The van der Waals surface area contributed by atoms with Crippen LogP contribution in [0.25, 0.3) is 0 Å². The second-order valence-corrected chi connectivity index (χ2v) is 8.14. The number of carbonyl (C=O) groups excluding carboxylic acids is 3. The molecule has 0 atom stereocenters. The normalized spacial score (nSPS) is 14.4. The number of anilines is 1. The molecule has 7 heteroatoms. The molecule has 0 unspecified atom stereocenters. The number of piperazine rings is 1. The van der Waals surface area contributed by atoms with Gasteiger partial charge in [-0.3, -0.25) is 19.4 Å². The van der Waals surface area contributed by atoms with Gasteiger partial charge in [0.15, 0.2) is 0 Å². The third-order valence-corrected chi connectivity index (χ3v) is 5.00. The summed E-state index contributed by atoms with van der Waals surface area (Å²) in [5.41, 5.74) is 2.51. The zero-order valence-corrected chi connectivity index (χ0v) is 17.0. The molecule has 1 aliphatic rings. The molecule has 1 N–H and O–H groups in total. The molecule has 1 aromatic heterocycles. The number of hydrogen-bond acceptors (Lipinski definition) is 4. The smallest absolute Gasteiger partial charge is 0.272 e. The zero-order chi connectivity index (χ0) is 21.0. The molecule has 0 aliphatic carbocycles. The molecule has 0 bridgehead atoms. The van der Waals surface area contributed by atoms with E-state index in [9.17, 15) is 14.4 Å². The first kappa shape index (κ1) is 20.5. The lowest BCUT2D eigenvalue weighted by molar-refractivity contribution is -0.119. The summed E-state index contributed by atoms with van der Waals surface area (Å²) in [6, 6.07) is 10.8. The van der Waals surface area contributed by atoms with E-state index in [1.165, 1.54) is 17.8 Å². The van der Waals surface area contributed by atoms with Gasteiger partial charge in [-0.05, 0) is 35.2 Å². The summed E-state index contributed by atoms with van der Waals surface area (Å²) >= 11 is 0. The van der Waals surface area contributed by atoms with Crippen LogP contribution < -0.4 is 5.32 Å². The predicted molar refractivity (Wildman–Crippen MR) is 111 cm³/mol. The topological polar surface area (TPSA) is 82.6 Å². The molecule has 2 aromatic rings. The van der Waals surface area contributed by atoms with Crippen LogP contribution in [0.1, 0.15) is 47.2 Å². The van der Waals surface area contributed by atoms with Gasteiger partial charge in [0.1, 0.15) is 5.69 Å². The highest BCUT2D eigenvalue weighted by atomic mass is 16.2. The molecule has 2 heterocycles. The number of nitrogens with one attached hydrogen (secondary N) is 1. The molecule has 0 spiro atoms. The standard InChI is InChI=1S/C22H26N4O3/c1-22(2,3)17-4-6-18(7-5-17)24-20(28)16-8-9-23-19(14-16)21(29)26-12-10-25(15-27)11-13-26/h4-9,14-15H,10-13H2,1-3H3,(H,24,28). The fourth-order valence-electron chi connectivity index (χ4n) is 3.14. The van der Waals surface area contributed by atoms with Crippen LogP contribution in [-0.2, 0) is 10.2 Å². The van der Waals surface area contributed by atoms with Gasteiger partial charge in [0.25, 0.3) is 11.8 Å². The Morgan fingerprint density at radius 1 is 1.03 bits per heavy atom. The van der Waals surface area contributed by atoms with Crippen LogP contribution >= 0.6 is 0 Å². The van der Waals surface area contributed by atoms with E-state index in [1.54, 1.807) is 15.9 Å². The van der Waals surface area contributed by atoms with Crippen LogP contribution in [0.2, 0.25) is 0 Å². The molecular weight excluding hydrogens is 368 g/mol. The highest BCUT2D eigenvalue weighted by molar-refractivity contribution is 6.05. The lowest BCUT2D eigenvalue weighted by Gasteiger charge is -2.32. The molecule has 29 heavy (non-hydrogen) atoms. The van der Waals surface area contributed by atoms with Crippen LogP contribution in [0.5, 0.6) is 0 Å². The molecule has 1 fully saturated rings. The van der Waals surface area contributed by atoms with E-state index >= 15 is 0 Å². The van der Waals surface area contributed by atoms with Gasteiger partial charge < -0.3 is 15.1 Å². The van der Waals surface area contributed by atoms with Crippen LogP contribution in [0.3, 0.4) is 0 Å². The minimum absolute atomic E-state index is 0.0418. The summed E-state index contributed by atoms with van der Waals surface area (Å²) in [7, 11) is 0. The Morgan fingerprint density at radius 2 is 1.69 bits per heavy atom. The average molecular weight is 394 g/mol. The molecule has 3 rings (SSSR count). The molecule has 3 amide bonds. The largest absolute Gasteiger partial charge is 0.342 e. The minimum Gasteiger partial charge on any atom is -0.342 e. The SMILES string of the molecule is CC(C)(C)c1ccc(NC(=O)c2ccnc(C(=O)N3CCN(C=O)CC3)c2)cc1. The fourth-order valence-corrected chi connectivity index (χ4v) is 3.14. The van der Waals surface area contributed by atoms with Gasteiger partial charge in [-0.1, -0.05) is 32.9 Å². The number of pyridine rings is 1. The summed E-state index contributed by atoms with van der Waals surface area (Å²) in [4.78, 5) is 43.5. The maximum atomic E-state index is 12.7. The highest BCUT2D eigenvalue weighted by Crippen LogP contribution is 2.23. The Balaban J connectivity index is 1.68. The molecular formula is C22H26N4O3. The Morgan fingerprint density at radius 3 is 2.28 bits per heavy atom. The summed E-state index contributed by atoms with van der Waals surface area (Å²) in [5.74, 6) is -0.532. The van der Waals surface area contributed by atoms with Crippen molar-refractivity contribution < 1.29 is 14.4 Å². The fraction of sp³-hybridized carbons (Fsp3) is 0.364. The number of aromatic nitrogens is 1. The molecule has 152 valence electrons. The van der Waals surface area contributed by atoms with Crippen LogP contribution in [0, 0.1) is 0 Å². The Bertz CT molecular complexity index is 895. The first-order valence-corrected chi connectivity index (χ1v) is 9.64. The molecule has 0 saturated carbocycles. The molecule has 1 saturated heterocycles. The van der Waals surface area contributed by atoms with Gasteiger partial charge >= 0.3 is 0 Å². The summed E-state index contributed by atoms with van der Waals surface area (Å²) in [6.45, 7) is 8.31. The van der Waals surface area contributed by atoms with Gasteiger partial charge in [-0.15, -0.1) is 0 Å². The maximum absolute atomic E-state index is 12.7. The van der Waals surface area contributed by atoms with Crippen molar-refractivity contribution in [1.29, 1.82) is 0 Å². The number of amides is 3. The monoisotopic (exact) mass is 394 g/mol. The van der Waals surface area contributed by atoms with Gasteiger partial charge in [0, 0.05) is 43.6 Å². The van der Waals surface area contributed by atoms with Crippen molar-refractivity contribution in [1.82, 2.24) is 14.8 Å². The Kier molecular flexibility index (Phi) is 5.96. The van der Waals surface area contributed by atoms with Crippen LogP contribution in [0.15, 0.2) is 42.6 Å². The van der Waals surface area contributed by atoms with Crippen molar-refractivity contribution in [2.24, 2.45) is 0 Å². The van der Waals surface area contributed by atoms with E-state index in [4.69, 9.17) is 0 Å². The Hall–Kier alpha value is -3.22. The van der Waals surface area contributed by atoms with Gasteiger partial charge in [-0.25, -0.2) is 0 Å². The third-order valence-electron chi connectivity index (χ3n) is 5.00. The lowest BCUT2D eigenvalue weighted by Crippen LogP contribution is -2.48. The van der Waals surface area contributed by atoms with Crippen molar-refractivity contribution in [3.8, 4) is 0 Å². The van der Waals surface area contributed by atoms with Crippen molar-refractivity contribution in [2.75, 3.05) is 31.5 Å². The highest BCUT2D eigenvalue weighted by Gasteiger charge is 2.23. The van der Waals surface area contributed by atoms with E-state index in [2.05, 4.69) is 31.1 Å². The number of rotatable bonds is 4. The van der Waals surface area contributed by atoms with E-state index in [0.29, 0.717) is 37.4 Å². The van der Waals surface area contributed by atoms with Gasteiger partial charge in [0.2, 0.25) is 6.41 Å². The van der Waals surface area contributed by atoms with Crippen LogP contribution in [-0.4, -0.2) is 59.2 Å². The van der Waals surface area contributed by atoms with E-state index in [0.717, 1.165) is 6.41 Å². The number of nitrogens with zero attached hydrogens (tertiary/aromatic N) is 3. The first-order valence-electron chi connectivity index (χ1n) is 9.64. The Labute approximate surface area is 170 Å². The van der Waals surface area contributed by atoms with Gasteiger partial charge in [-0.2, -0.15) is 0 Å². The minimum atomic E-state index is -0.296. The zero-order valence-electron chi connectivity index (χ0n) is 17.0. The van der Waals surface area contributed by atoms with Crippen LogP contribution in [0.4, 0.5) is 5.69 Å². The summed E-state index contributed by atoms with van der Waals surface area (Å²) in [5, 5.41) is 2.86. The number of benzene rings is 1. The molecule has 1 aromatic carbocycles. The quantitative estimate of drug-likeness (QED) is 0.808. The molecule has 7 nitrogen and oxygen atoms in total. The average Bonchev–Trinajstić information content (AvgIpc) is 2.73.